The number of rotatable bonds is 8. The zero-order valence-electron chi connectivity index (χ0n) is 19.6. The Morgan fingerprint density at radius 1 is 1.08 bits per heavy atom. The minimum Gasteiger partial charge on any atom is -0.382 e. The van der Waals surface area contributed by atoms with Crippen molar-refractivity contribution in [3.05, 3.63) is 89.4 Å². The molecule has 3 N–H and O–H groups in total. The highest BCUT2D eigenvalue weighted by Gasteiger charge is 2.33. The number of aromatic nitrogens is 3. The molecule has 0 spiro atoms. The zero-order chi connectivity index (χ0) is 25.7. The van der Waals surface area contributed by atoms with Gasteiger partial charge in [0.15, 0.2) is 0 Å². The lowest BCUT2D eigenvalue weighted by Gasteiger charge is -2.24. The lowest BCUT2D eigenvalue weighted by Crippen LogP contribution is -2.35. The van der Waals surface area contributed by atoms with Crippen LogP contribution in [0, 0.1) is 0 Å². The second-order valence-electron chi connectivity index (χ2n) is 8.45. The highest BCUT2D eigenvalue weighted by molar-refractivity contribution is 5.76. The predicted molar refractivity (Wildman–Crippen MR) is 137 cm³/mol. The van der Waals surface area contributed by atoms with Crippen LogP contribution in [0.3, 0.4) is 0 Å². The molecule has 0 atom stereocenters. The van der Waals surface area contributed by atoms with Gasteiger partial charge in [0.2, 0.25) is 5.95 Å². The first-order chi connectivity index (χ1) is 17.3. The van der Waals surface area contributed by atoms with Crippen LogP contribution in [0.15, 0.2) is 83.8 Å². The van der Waals surface area contributed by atoms with E-state index in [9.17, 15) is 18.0 Å². The summed E-state index contributed by atoms with van der Waals surface area (Å²) in [6.45, 7) is 8.39. The number of benzene rings is 1. The van der Waals surface area contributed by atoms with E-state index in [4.69, 9.17) is 0 Å². The van der Waals surface area contributed by atoms with Gasteiger partial charge in [0.25, 0.3) is 5.56 Å². The minimum atomic E-state index is -4.63. The van der Waals surface area contributed by atoms with Crippen molar-refractivity contribution in [1.29, 1.82) is 0 Å². The van der Waals surface area contributed by atoms with Gasteiger partial charge in [-0.3, -0.25) is 9.36 Å². The Labute approximate surface area is 206 Å². The molecule has 0 amide bonds. The van der Waals surface area contributed by atoms with Crippen LogP contribution in [0.4, 0.5) is 30.5 Å². The van der Waals surface area contributed by atoms with Crippen molar-refractivity contribution in [2.24, 2.45) is 0 Å². The van der Waals surface area contributed by atoms with Gasteiger partial charge < -0.3 is 16.0 Å². The molecule has 10 heteroatoms. The van der Waals surface area contributed by atoms with Crippen LogP contribution in [0.5, 0.6) is 0 Å². The molecule has 1 saturated heterocycles. The van der Waals surface area contributed by atoms with Crippen molar-refractivity contribution in [1.82, 2.24) is 19.9 Å². The third-order valence-corrected chi connectivity index (χ3v) is 6.00. The fourth-order valence-corrected chi connectivity index (χ4v) is 4.12. The highest BCUT2D eigenvalue weighted by Crippen LogP contribution is 2.30. The van der Waals surface area contributed by atoms with Crippen LogP contribution < -0.4 is 21.5 Å². The van der Waals surface area contributed by atoms with Crippen molar-refractivity contribution in [2.75, 3.05) is 23.7 Å². The van der Waals surface area contributed by atoms with Gasteiger partial charge in [-0.05, 0) is 61.8 Å². The van der Waals surface area contributed by atoms with Crippen LogP contribution >= 0.6 is 0 Å². The Balaban J connectivity index is 1.60. The summed E-state index contributed by atoms with van der Waals surface area (Å²) in [5.74, 6) is 0.213. The van der Waals surface area contributed by atoms with Gasteiger partial charge >= 0.3 is 6.18 Å². The molecule has 0 unspecified atom stereocenters. The molecule has 188 valence electrons. The number of nitrogens with one attached hydrogen (secondary N) is 3. The summed E-state index contributed by atoms with van der Waals surface area (Å²) in [6.07, 6.45) is 0.812. The Bertz CT molecular complexity index is 1340. The Kier molecular flexibility index (Phi) is 7.54. The first kappa shape index (κ1) is 25.2. The second kappa shape index (κ2) is 10.8. The molecular formula is C26H27F3N6O. The molecule has 7 nitrogen and oxygen atoms in total. The topological polar surface area (TPSA) is 83.9 Å². The monoisotopic (exact) mass is 496 g/mol. The second-order valence-corrected chi connectivity index (χ2v) is 8.45. The average Bonchev–Trinajstić information content (AvgIpc) is 2.86. The van der Waals surface area contributed by atoms with E-state index in [1.165, 1.54) is 22.9 Å². The van der Waals surface area contributed by atoms with E-state index in [-0.39, 0.29) is 23.7 Å². The van der Waals surface area contributed by atoms with Gasteiger partial charge in [0.1, 0.15) is 5.65 Å². The number of halogens is 3. The van der Waals surface area contributed by atoms with E-state index < -0.39 is 17.3 Å². The Morgan fingerprint density at radius 2 is 1.78 bits per heavy atom. The molecule has 1 aliphatic rings. The van der Waals surface area contributed by atoms with Gasteiger partial charge in [0, 0.05) is 35.1 Å². The molecule has 36 heavy (non-hydrogen) atoms. The molecular weight excluding hydrogens is 469 g/mol. The van der Waals surface area contributed by atoms with E-state index in [0.29, 0.717) is 11.4 Å². The molecule has 3 heterocycles. The van der Waals surface area contributed by atoms with Gasteiger partial charge in [-0.2, -0.15) is 18.2 Å². The maximum atomic E-state index is 13.4. The molecule has 1 aromatic carbocycles. The van der Waals surface area contributed by atoms with Gasteiger partial charge in [-0.15, -0.1) is 0 Å². The SMILES string of the molecule is C=C/C(Cn1c(=O)ccc2cnc(Nc3ccc(NC4CCNCC4)cc3)nc21)=C(\C=C)C(F)(F)F. The number of piperidine rings is 1. The van der Waals surface area contributed by atoms with Crippen molar-refractivity contribution in [3.63, 3.8) is 0 Å². The standard InChI is InChI=1S/C26H27F3N6O/c1-3-17(22(4-2)26(27,28)29)16-35-23(36)10-5-18-15-31-25(34-24(18)35)33-20-8-6-19(7-9-20)32-21-11-13-30-14-12-21/h3-10,15,21,30,32H,1-2,11-14,16H2,(H,31,33,34)/b22-17-. The summed E-state index contributed by atoms with van der Waals surface area (Å²) >= 11 is 0. The zero-order valence-corrected chi connectivity index (χ0v) is 19.6. The van der Waals surface area contributed by atoms with Crippen molar-refractivity contribution >= 4 is 28.4 Å². The highest BCUT2D eigenvalue weighted by atomic mass is 19.4. The number of pyridine rings is 1. The van der Waals surface area contributed by atoms with E-state index >= 15 is 0 Å². The molecule has 0 bridgehead atoms. The number of fused-ring (bicyclic) bond motifs is 1. The quantitative estimate of drug-likeness (QED) is 0.384. The van der Waals surface area contributed by atoms with E-state index in [1.54, 1.807) is 0 Å². The molecule has 0 saturated carbocycles. The molecule has 4 rings (SSSR count). The number of nitrogens with zero attached hydrogens (tertiary/aromatic N) is 3. The average molecular weight is 497 g/mol. The third-order valence-electron chi connectivity index (χ3n) is 6.00. The Morgan fingerprint density at radius 3 is 2.42 bits per heavy atom. The van der Waals surface area contributed by atoms with Crippen LogP contribution in [0.1, 0.15) is 12.8 Å². The normalized spacial score (nSPS) is 15.3. The number of alkyl halides is 3. The summed E-state index contributed by atoms with van der Waals surface area (Å²) in [5, 5.41) is 10.5. The summed E-state index contributed by atoms with van der Waals surface area (Å²) in [4.78, 5) is 21.3. The minimum absolute atomic E-state index is 0.183. The number of hydrogen-bond acceptors (Lipinski definition) is 6. The Hall–Kier alpha value is -3.92. The molecule has 1 aliphatic heterocycles. The molecule has 3 aromatic rings. The smallest absolute Gasteiger partial charge is 0.382 e. The van der Waals surface area contributed by atoms with Crippen molar-refractivity contribution in [2.45, 2.75) is 31.6 Å². The molecule has 2 aromatic heterocycles. The maximum Gasteiger partial charge on any atom is 0.416 e. The van der Waals surface area contributed by atoms with Gasteiger partial charge in [-0.1, -0.05) is 25.3 Å². The summed E-state index contributed by atoms with van der Waals surface area (Å²) in [5.41, 5.74) is 0.309. The van der Waals surface area contributed by atoms with Gasteiger partial charge in [-0.25, -0.2) is 4.98 Å². The van der Waals surface area contributed by atoms with Crippen molar-refractivity contribution in [3.8, 4) is 0 Å². The predicted octanol–water partition coefficient (Wildman–Crippen LogP) is 4.93. The maximum absolute atomic E-state index is 13.4. The summed E-state index contributed by atoms with van der Waals surface area (Å²) < 4.78 is 41.5. The van der Waals surface area contributed by atoms with Crippen molar-refractivity contribution < 1.29 is 13.2 Å². The number of allylic oxidation sites excluding steroid dienone is 4. The largest absolute Gasteiger partial charge is 0.416 e. The lowest BCUT2D eigenvalue weighted by molar-refractivity contribution is -0.0889. The first-order valence-corrected chi connectivity index (χ1v) is 11.5. The number of anilines is 3. The van der Waals surface area contributed by atoms with E-state index in [1.807, 2.05) is 24.3 Å². The van der Waals surface area contributed by atoms with E-state index in [2.05, 4.69) is 39.1 Å². The van der Waals surface area contributed by atoms with Crippen LogP contribution in [0.2, 0.25) is 0 Å². The molecule has 0 radical (unpaired) electrons. The first-order valence-electron chi connectivity index (χ1n) is 11.5. The molecule has 0 aliphatic carbocycles. The fourth-order valence-electron chi connectivity index (χ4n) is 4.12. The lowest BCUT2D eigenvalue weighted by atomic mass is 10.1. The van der Waals surface area contributed by atoms with E-state index in [0.717, 1.165) is 49.5 Å². The summed E-state index contributed by atoms with van der Waals surface area (Å²) in [7, 11) is 0. The van der Waals surface area contributed by atoms with Crippen LogP contribution in [-0.4, -0.2) is 39.8 Å². The van der Waals surface area contributed by atoms with Crippen LogP contribution in [-0.2, 0) is 6.54 Å². The van der Waals surface area contributed by atoms with Crippen LogP contribution in [0.25, 0.3) is 11.0 Å². The summed E-state index contributed by atoms with van der Waals surface area (Å²) in [6, 6.07) is 10.9. The third kappa shape index (κ3) is 5.83. The fraction of sp³-hybridized carbons (Fsp3) is 0.269. The number of hydrogen-bond donors (Lipinski definition) is 3. The molecule has 1 fully saturated rings. The van der Waals surface area contributed by atoms with Gasteiger partial charge in [0.05, 0.1) is 12.1 Å².